The molecule has 0 aromatic heterocycles. The lowest BCUT2D eigenvalue weighted by atomic mass is 9.76. The van der Waals surface area contributed by atoms with E-state index in [1.165, 1.54) is 31.7 Å². The van der Waals surface area contributed by atoms with E-state index in [1.807, 2.05) is 6.92 Å². The smallest absolute Gasteiger partial charge is 0.129 e. The molecule has 2 heteroatoms. The number of aryl methyl sites for hydroxylation is 1. The van der Waals surface area contributed by atoms with Crippen LogP contribution in [0.3, 0.4) is 0 Å². The monoisotopic (exact) mass is 252 g/mol. The van der Waals surface area contributed by atoms with Crippen LogP contribution in [0.1, 0.15) is 62.5 Å². The Morgan fingerprint density at radius 3 is 2.33 bits per heavy atom. The molecule has 18 heavy (non-hydrogen) atoms. The van der Waals surface area contributed by atoms with Gasteiger partial charge in [-0.15, -0.1) is 0 Å². The lowest BCUT2D eigenvalue weighted by Gasteiger charge is -2.29. The first kappa shape index (κ1) is 13.5. The molecule has 0 spiro atoms. The third-order valence-electron chi connectivity index (χ3n) is 4.25. The molecule has 0 bridgehead atoms. The molecule has 0 heterocycles. The maximum atomic E-state index is 13.9. The predicted octanol–water partition coefficient (Wildman–Crippen LogP) is 5.35. The number of hydrogen-bond acceptors (Lipinski definition) is 0. The van der Waals surface area contributed by atoms with Gasteiger partial charge in [-0.2, -0.15) is 0 Å². The highest BCUT2D eigenvalue weighted by Crippen LogP contribution is 2.39. The molecule has 0 amide bonds. The van der Waals surface area contributed by atoms with Crippen molar-refractivity contribution < 1.29 is 8.78 Å². The van der Waals surface area contributed by atoms with Crippen LogP contribution in [0.5, 0.6) is 0 Å². The maximum absolute atomic E-state index is 13.9. The van der Waals surface area contributed by atoms with E-state index in [0.29, 0.717) is 5.92 Å². The lowest BCUT2D eigenvalue weighted by Crippen LogP contribution is -2.15. The average molecular weight is 252 g/mol. The Hall–Kier alpha value is -0.920. The lowest BCUT2D eigenvalue weighted by molar-refractivity contribution is 0.303. The molecule has 0 nitrogen and oxygen atoms in total. The van der Waals surface area contributed by atoms with Gasteiger partial charge < -0.3 is 0 Å². The Morgan fingerprint density at radius 1 is 1.11 bits per heavy atom. The molecule has 1 aliphatic carbocycles. The first-order valence-electron chi connectivity index (χ1n) is 7.07. The summed E-state index contributed by atoms with van der Waals surface area (Å²) in [7, 11) is 0. The molecular weight excluding hydrogens is 230 g/mol. The third-order valence-corrected chi connectivity index (χ3v) is 4.25. The Bertz CT molecular complexity index is 381. The fourth-order valence-electron chi connectivity index (χ4n) is 3.38. The zero-order valence-corrected chi connectivity index (χ0v) is 11.3. The molecule has 0 aliphatic heterocycles. The zero-order valence-electron chi connectivity index (χ0n) is 11.3. The summed E-state index contributed by atoms with van der Waals surface area (Å²) in [5, 5.41) is 0. The molecule has 1 saturated carbocycles. The molecule has 0 saturated heterocycles. The van der Waals surface area contributed by atoms with Crippen LogP contribution in [-0.2, 0) is 0 Å². The highest BCUT2D eigenvalue weighted by molar-refractivity contribution is 5.31. The average Bonchev–Trinajstić information content (AvgIpc) is 2.30. The molecule has 1 aromatic carbocycles. The van der Waals surface area contributed by atoms with Gasteiger partial charge in [0.15, 0.2) is 0 Å². The fourth-order valence-corrected chi connectivity index (χ4v) is 3.38. The molecule has 2 rings (SSSR count). The second-order valence-corrected chi connectivity index (χ2v) is 5.62. The van der Waals surface area contributed by atoms with Crippen molar-refractivity contribution in [3.05, 3.63) is 34.9 Å². The first-order valence-corrected chi connectivity index (χ1v) is 7.07. The van der Waals surface area contributed by atoms with Crippen LogP contribution in [0.2, 0.25) is 0 Å². The van der Waals surface area contributed by atoms with Gasteiger partial charge in [-0.05, 0) is 61.6 Å². The van der Waals surface area contributed by atoms with Crippen LogP contribution in [-0.4, -0.2) is 0 Å². The molecule has 0 radical (unpaired) electrons. The Balaban J connectivity index is 2.10. The van der Waals surface area contributed by atoms with E-state index in [4.69, 9.17) is 0 Å². The van der Waals surface area contributed by atoms with E-state index in [0.717, 1.165) is 36.0 Å². The van der Waals surface area contributed by atoms with Crippen molar-refractivity contribution >= 4 is 0 Å². The second-order valence-electron chi connectivity index (χ2n) is 5.62. The highest BCUT2D eigenvalue weighted by atomic mass is 19.1. The van der Waals surface area contributed by atoms with E-state index in [-0.39, 0.29) is 5.82 Å². The van der Waals surface area contributed by atoms with E-state index >= 15 is 0 Å². The van der Waals surface area contributed by atoms with Crippen molar-refractivity contribution in [2.75, 3.05) is 0 Å². The zero-order chi connectivity index (χ0) is 13.1. The molecule has 0 atom stereocenters. The van der Waals surface area contributed by atoms with E-state index < -0.39 is 5.82 Å². The Labute approximate surface area is 108 Å². The molecule has 1 aliphatic rings. The van der Waals surface area contributed by atoms with Crippen molar-refractivity contribution in [2.45, 2.75) is 58.3 Å². The van der Waals surface area contributed by atoms with Gasteiger partial charge in [-0.3, -0.25) is 0 Å². The SMILES string of the molecule is CCCC1CCC(c2c(C)cc(F)cc2F)CC1. The van der Waals surface area contributed by atoms with Crippen LogP contribution < -0.4 is 0 Å². The van der Waals surface area contributed by atoms with Crippen molar-refractivity contribution in [2.24, 2.45) is 5.92 Å². The number of benzene rings is 1. The summed E-state index contributed by atoms with van der Waals surface area (Å²) >= 11 is 0. The van der Waals surface area contributed by atoms with E-state index in [2.05, 4.69) is 6.92 Å². The summed E-state index contributed by atoms with van der Waals surface area (Å²) in [6.07, 6.45) is 7.00. The van der Waals surface area contributed by atoms with E-state index in [9.17, 15) is 8.78 Å². The van der Waals surface area contributed by atoms with Gasteiger partial charge in [-0.1, -0.05) is 19.8 Å². The van der Waals surface area contributed by atoms with Gasteiger partial charge in [0, 0.05) is 6.07 Å². The summed E-state index contributed by atoms with van der Waals surface area (Å²) in [5.41, 5.74) is 1.53. The van der Waals surface area contributed by atoms with Crippen molar-refractivity contribution in [3.8, 4) is 0 Å². The fraction of sp³-hybridized carbons (Fsp3) is 0.625. The van der Waals surface area contributed by atoms with Crippen molar-refractivity contribution in [3.63, 3.8) is 0 Å². The van der Waals surface area contributed by atoms with Crippen molar-refractivity contribution in [1.29, 1.82) is 0 Å². The van der Waals surface area contributed by atoms with Crippen LogP contribution >= 0.6 is 0 Å². The standard InChI is InChI=1S/C16H22F2/c1-3-4-12-5-7-13(8-6-12)16-11(2)9-14(17)10-15(16)18/h9-10,12-13H,3-8H2,1-2H3. The van der Waals surface area contributed by atoms with Gasteiger partial charge >= 0.3 is 0 Å². The maximum Gasteiger partial charge on any atom is 0.129 e. The molecule has 0 unspecified atom stereocenters. The highest BCUT2D eigenvalue weighted by Gasteiger charge is 2.25. The van der Waals surface area contributed by atoms with Gasteiger partial charge in [0.25, 0.3) is 0 Å². The van der Waals surface area contributed by atoms with Gasteiger partial charge in [-0.25, -0.2) is 8.78 Å². The Kier molecular flexibility index (Phi) is 4.36. The van der Waals surface area contributed by atoms with Crippen LogP contribution in [0, 0.1) is 24.5 Å². The number of rotatable bonds is 3. The minimum absolute atomic E-state index is 0.290. The summed E-state index contributed by atoms with van der Waals surface area (Å²) in [4.78, 5) is 0. The molecule has 1 fully saturated rings. The molecule has 100 valence electrons. The van der Waals surface area contributed by atoms with Crippen LogP contribution in [0.15, 0.2) is 12.1 Å². The second kappa shape index (κ2) is 5.81. The predicted molar refractivity (Wildman–Crippen MR) is 70.7 cm³/mol. The van der Waals surface area contributed by atoms with Gasteiger partial charge in [0.2, 0.25) is 0 Å². The molecule has 1 aromatic rings. The number of halogens is 2. The Morgan fingerprint density at radius 2 is 1.78 bits per heavy atom. The molecule has 0 N–H and O–H groups in total. The van der Waals surface area contributed by atoms with Gasteiger partial charge in [0.05, 0.1) is 0 Å². The van der Waals surface area contributed by atoms with Crippen LogP contribution in [0.4, 0.5) is 8.78 Å². The summed E-state index contributed by atoms with van der Waals surface area (Å²) in [5.74, 6) is 0.286. The minimum atomic E-state index is -0.464. The van der Waals surface area contributed by atoms with Gasteiger partial charge in [0.1, 0.15) is 11.6 Å². The largest absolute Gasteiger partial charge is 0.207 e. The summed E-state index contributed by atoms with van der Waals surface area (Å²) < 4.78 is 27.0. The summed E-state index contributed by atoms with van der Waals surface area (Å²) in [6, 6.07) is 2.48. The van der Waals surface area contributed by atoms with Crippen LogP contribution in [0.25, 0.3) is 0 Å². The first-order chi connectivity index (χ1) is 8.61. The minimum Gasteiger partial charge on any atom is -0.207 e. The summed E-state index contributed by atoms with van der Waals surface area (Å²) in [6.45, 7) is 4.04. The van der Waals surface area contributed by atoms with E-state index in [1.54, 1.807) is 0 Å². The topological polar surface area (TPSA) is 0 Å². The number of hydrogen-bond donors (Lipinski definition) is 0. The quantitative estimate of drug-likeness (QED) is 0.680. The molecular formula is C16H22F2. The van der Waals surface area contributed by atoms with Crippen molar-refractivity contribution in [1.82, 2.24) is 0 Å². The third kappa shape index (κ3) is 2.90. The normalized spacial score (nSPS) is 24.2.